The van der Waals surface area contributed by atoms with Gasteiger partial charge < -0.3 is 19.9 Å². The van der Waals surface area contributed by atoms with Crippen LogP contribution in [-0.2, 0) is 11.2 Å². The number of benzene rings is 4. The van der Waals surface area contributed by atoms with Gasteiger partial charge in [-0.15, -0.1) is 0 Å². The summed E-state index contributed by atoms with van der Waals surface area (Å²) in [6.45, 7) is 5.98. The number of hydrogen-bond acceptors (Lipinski definition) is 5. The highest BCUT2D eigenvalue weighted by Crippen LogP contribution is 2.68. The zero-order valence-electron chi connectivity index (χ0n) is 22.4. The summed E-state index contributed by atoms with van der Waals surface area (Å²) in [5, 5.41) is 23.1. The van der Waals surface area contributed by atoms with Crippen molar-refractivity contribution < 1.29 is 14.9 Å². The summed E-state index contributed by atoms with van der Waals surface area (Å²) >= 11 is 0. The normalized spacial score (nSPS) is 22.4. The standard InChI is InChI=1S/C34H28N2O4/c1-19-9-13-24(14-10-19)34-29(22-7-5-4-6-8-22)27-30(33(34,39)28-21(3)17-20(2)18-26(28)40-34)35-31(36-32(27)38)23-11-15-25(37)16-12-23/h4-18,29,37,39H,1-3H3,(H,35,36,38)/t29-,33+,34+/m1/s1. The van der Waals surface area contributed by atoms with Crippen molar-refractivity contribution in [3.8, 4) is 22.9 Å². The second kappa shape index (κ2) is 8.41. The van der Waals surface area contributed by atoms with E-state index in [0.717, 1.165) is 27.8 Å². The van der Waals surface area contributed by atoms with Crippen LogP contribution in [0.2, 0.25) is 0 Å². The van der Waals surface area contributed by atoms with E-state index >= 15 is 0 Å². The Hall–Kier alpha value is -4.68. The number of aromatic amines is 1. The number of rotatable bonds is 3. The molecule has 1 aromatic heterocycles. The molecule has 4 aromatic carbocycles. The number of nitrogens with zero attached hydrogens (tertiary/aromatic N) is 1. The van der Waals surface area contributed by atoms with Crippen LogP contribution >= 0.6 is 0 Å². The van der Waals surface area contributed by atoms with Gasteiger partial charge in [0.05, 0.1) is 17.2 Å². The second-order valence-electron chi connectivity index (χ2n) is 10.9. The van der Waals surface area contributed by atoms with Crippen molar-refractivity contribution in [3.05, 3.63) is 146 Å². The Morgan fingerprint density at radius 3 is 2.27 bits per heavy atom. The molecule has 6 nitrogen and oxygen atoms in total. The van der Waals surface area contributed by atoms with Crippen molar-refractivity contribution in [1.82, 2.24) is 9.97 Å². The first-order valence-corrected chi connectivity index (χ1v) is 13.3. The topological polar surface area (TPSA) is 95.4 Å². The highest BCUT2D eigenvalue weighted by molar-refractivity contribution is 5.67. The van der Waals surface area contributed by atoms with Crippen molar-refractivity contribution in [3.63, 3.8) is 0 Å². The third kappa shape index (κ3) is 3.14. The van der Waals surface area contributed by atoms with E-state index in [1.54, 1.807) is 24.3 Å². The number of nitrogens with one attached hydrogen (secondary N) is 1. The van der Waals surface area contributed by atoms with Crippen LogP contribution in [0, 0.1) is 20.8 Å². The van der Waals surface area contributed by atoms with Crippen molar-refractivity contribution >= 4 is 0 Å². The van der Waals surface area contributed by atoms with Gasteiger partial charge in [0, 0.05) is 16.7 Å². The molecule has 0 radical (unpaired) electrons. The Labute approximate surface area is 231 Å². The van der Waals surface area contributed by atoms with E-state index < -0.39 is 17.1 Å². The van der Waals surface area contributed by atoms with E-state index in [-0.39, 0.29) is 17.0 Å². The number of ether oxygens (including phenoxy) is 1. The molecule has 0 amide bonds. The number of aromatic hydroxyl groups is 1. The molecule has 1 aliphatic heterocycles. The average molecular weight is 529 g/mol. The van der Waals surface area contributed by atoms with E-state index in [1.807, 2.05) is 87.5 Å². The molecule has 2 aliphatic rings. The fourth-order valence-corrected chi connectivity index (χ4v) is 6.74. The first-order chi connectivity index (χ1) is 19.2. The SMILES string of the molecule is Cc1ccc([C@@]23Oc4cc(C)cc(C)c4[C@]2(O)c2nc(-c4ccc(O)cc4)[nH]c(=O)c2[C@H]3c2ccccc2)cc1. The van der Waals surface area contributed by atoms with Crippen LogP contribution in [0.4, 0.5) is 0 Å². The maximum atomic E-state index is 14.1. The van der Waals surface area contributed by atoms with E-state index in [0.29, 0.717) is 28.3 Å². The molecule has 0 saturated heterocycles. The zero-order chi connectivity index (χ0) is 27.8. The molecule has 2 heterocycles. The van der Waals surface area contributed by atoms with Gasteiger partial charge >= 0.3 is 0 Å². The van der Waals surface area contributed by atoms with Gasteiger partial charge in [0.1, 0.15) is 17.3 Å². The molecule has 0 unspecified atom stereocenters. The smallest absolute Gasteiger partial charge is 0.255 e. The molecule has 1 aliphatic carbocycles. The Morgan fingerprint density at radius 1 is 0.875 bits per heavy atom. The molecule has 6 heteroatoms. The number of aliphatic hydroxyl groups is 1. The van der Waals surface area contributed by atoms with Crippen LogP contribution in [0.15, 0.2) is 95.8 Å². The fraction of sp³-hybridized carbons (Fsp3) is 0.176. The van der Waals surface area contributed by atoms with Crippen LogP contribution < -0.4 is 10.3 Å². The molecule has 5 aromatic rings. The fourth-order valence-electron chi connectivity index (χ4n) is 6.74. The number of phenols is 1. The summed E-state index contributed by atoms with van der Waals surface area (Å²) in [5.41, 5.74) is 2.93. The number of aromatic nitrogens is 2. The lowest BCUT2D eigenvalue weighted by Gasteiger charge is -2.40. The lowest BCUT2D eigenvalue weighted by Crippen LogP contribution is -2.49. The minimum Gasteiger partial charge on any atom is -0.508 e. The predicted octanol–water partition coefficient (Wildman–Crippen LogP) is 5.74. The molecule has 0 saturated carbocycles. The van der Waals surface area contributed by atoms with E-state index in [4.69, 9.17) is 9.72 Å². The van der Waals surface area contributed by atoms with Gasteiger partial charge in [-0.1, -0.05) is 66.2 Å². The molecule has 0 fully saturated rings. The molecule has 3 N–H and O–H groups in total. The quantitative estimate of drug-likeness (QED) is 0.278. The number of aryl methyl sites for hydroxylation is 3. The summed E-state index contributed by atoms with van der Waals surface area (Å²) in [4.78, 5) is 22.0. The lowest BCUT2D eigenvalue weighted by atomic mass is 9.69. The van der Waals surface area contributed by atoms with E-state index in [1.165, 1.54) is 0 Å². The van der Waals surface area contributed by atoms with Gasteiger partial charge in [-0.2, -0.15) is 0 Å². The lowest BCUT2D eigenvalue weighted by molar-refractivity contribution is -0.0905. The van der Waals surface area contributed by atoms with Crippen molar-refractivity contribution in [2.24, 2.45) is 0 Å². The average Bonchev–Trinajstić information content (AvgIpc) is 3.32. The first kappa shape index (κ1) is 24.4. The zero-order valence-corrected chi connectivity index (χ0v) is 22.4. The summed E-state index contributed by atoms with van der Waals surface area (Å²) in [5.74, 6) is 0.341. The number of H-pyrrole nitrogens is 1. The van der Waals surface area contributed by atoms with Crippen LogP contribution in [0.1, 0.15) is 50.6 Å². The molecular weight excluding hydrogens is 500 g/mol. The largest absolute Gasteiger partial charge is 0.508 e. The van der Waals surface area contributed by atoms with Crippen LogP contribution in [-0.4, -0.2) is 20.2 Å². The number of fused-ring (bicyclic) bond motifs is 5. The van der Waals surface area contributed by atoms with Crippen molar-refractivity contribution in [2.75, 3.05) is 0 Å². The Balaban J connectivity index is 1.63. The number of phenolic OH excluding ortho intramolecular Hbond substituents is 1. The minimum absolute atomic E-state index is 0.109. The van der Waals surface area contributed by atoms with Crippen molar-refractivity contribution in [1.29, 1.82) is 0 Å². The van der Waals surface area contributed by atoms with E-state index in [2.05, 4.69) is 4.98 Å². The van der Waals surface area contributed by atoms with Gasteiger partial charge in [0.15, 0.2) is 11.2 Å². The summed E-state index contributed by atoms with van der Waals surface area (Å²) in [6, 6.07) is 28.1. The third-order valence-electron chi connectivity index (χ3n) is 8.36. The third-order valence-corrected chi connectivity index (χ3v) is 8.36. The summed E-state index contributed by atoms with van der Waals surface area (Å²) in [6.07, 6.45) is 0. The number of hydrogen-bond donors (Lipinski definition) is 3. The summed E-state index contributed by atoms with van der Waals surface area (Å²) in [7, 11) is 0. The van der Waals surface area contributed by atoms with Gasteiger partial charge in [0.2, 0.25) is 0 Å². The molecule has 0 bridgehead atoms. The van der Waals surface area contributed by atoms with Crippen LogP contribution in [0.25, 0.3) is 11.4 Å². The molecule has 3 atom stereocenters. The first-order valence-electron chi connectivity index (χ1n) is 13.3. The molecule has 7 rings (SSSR count). The van der Waals surface area contributed by atoms with Gasteiger partial charge in [-0.25, -0.2) is 4.98 Å². The van der Waals surface area contributed by atoms with Crippen molar-refractivity contribution in [2.45, 2.75) is 37.9 Å². The monoisotopic (exact) mass is 528 g/mol. The molecular formula is C34H28N2O4. The Bertz CT molecular complexity index is 1850. The molecule has 0 spiro atoms. The second-order valence-corrected chi connectivity index (χ2v) is 10.9. The van der Waals surface area contributed by atoms with Crippen LogP contribution in [0.3, 0.4) is 0 Å². The highest BCUT2D eigenvalue weighted by atomic mass is 16.5. The summed E-state index contributed by atoms with van der Waals surface area (Å²) < 4.78 is 7.00. The molecule has 198 valence electrons. The van der Waals surface area contributed by atoms with Gasteiger partial charge in [0.25, 0.3) is 5.56 Å². The van der Waals surface area contributed by atoms with E-state index in [9.17, 15) is 15.0 Å². The van der Waals surface area contributed by atoms with Gasteiger partial charge in [-0.05, 0) is 67.8 Å². The maximum Gasteiger partial charge on any atom is 0.255 e. The highest BCUT2D eigenvalue weighted by Gasteiger charge is 2.73. The maximum absolute atomic E-state index is 14.1. The Kier molecular flexibility index (Phi) is 5.12. The Morgan fingerprint density at radius 2 is 1.57 bits per heavy atom. The minimum atomic E-state index is -1.77. The van der Waals surface area contributed by atoms with Gasteiger partial charge in [-0.3, -0.25) is 4.79 Å². The van der Waals surface area contributed by atoms with Crippen LogP contribution in [0.5, 0.6) is 11.5 Å². The predicted molar refractivity (Wildman–Crippen MR) is 153 cm³/mol. The molecule has 40 heavy (non-hydrogen) atoms.